The minimum Gasteiger partial charge on any atom is -0.493 e. The van der Waals surface area contributed by atoms with Crippen LogP contribution in [0, 0.1) is 6.92 Å². The maximum Gasteiger partial charge on any atom is 0.252 e. The Bertz CT molecular complexity index is 736. The number of methoxy groups -OCH3 is 2. The van der Waals surface area contributed by atoms with E-state index in [9.17, 15) is 14.4 Å². The van der Waals surface area contributed by atoms with Crippen LogP contribution < -0.4 is 14.8 Å². The number of benzene rings is 1. The number of hydrogen-bond donors (Lipinski definition) is 1. The van der Waals surface area contributed by atoms with E-state index in [2.05, 4.69) is 21.2 Å². The number of nitrogens with one attached hydrogen (secondary N) is 1. The first-order chi connectivity index (χ1) is 12.3. The van der Waals surface area contributed by atoms with E-state index in [1.807, 2.05) is 6.92 Å². The topological polar surface area (TPSA) is 94.2 Å². The molecule has 0 saturated carbocycles. The van der Waals surface area contributed by atoms with Gasteiger partial charge in [0.15, 0.2) is 18.3 Å². The molecule has 1 N–H and O–H groups in total. The van der Waals surface area contributed by atoms with Crippen LogP contribution in [-0.4, -0.2) is 56.2 Å². The first-order valence-corrected chi connectivity index (χ1v) is 8.68. The maximum absolute atomic E-state index is 12.5. The van der Waals surface area contributed by atoms with Gasteiger partial charge in [0.2, 0.25) is 11.8 Å². The number of ether oxygens (including phenoxy) is 3. The van der Waals surface area contributed by atoms with Gasteiger partial charge in [-0.05, 0) is 18.6 Å². The van der Waals surface area contributed by atoms with Gasteiger partial charge in [-0.25, -0.2) is 0 Å². The SMILES string of the molecule is COCOc1cc(CC2NC(=O)CN(C(C)=O)C2=O)c(Br)c(C)c1OC. The molecule has 1 saturated heterocycles. The molecule has 1 fully saturated rings. The van der Waals surface area contributed by atoms with Gasteiger partial charge >= 0.3 is 0 Å². The quantitative estimate of drug-likeness (QED) is 0.683. The largest absolute Gasteiger partial charge is 0.493 e. The van der Waals surface area contributed by atoms with Crippen molar-refractivity contribution < 1.29 is 28.6 Å². The predicted molar refractivity (Wildman–Crippen MR) is 96.0 cm³/mol. The molecule has 1 aromatic rings. The molecule has 0 radical (unpaired) electrons. The second-order valence-corrected chi connectivity index (χ2v) is 6.62. The molecule has 1 aromatic carbocycles. The number of piperazine rings is 1. The Kier molecular flexibility index (Phi) is 6.60. The fourth-order valence-corrected chi connectivity index (χ4v) is 3.24. The molecule has 9 heteroatoms. The number of imide groups is 1. The summed E-state index contributed by atoms with van der Waals surface area (Å²) in [5.41, 5.74) is 1.52. The fraction of sp³-hybridized carbons (Fsp3) is 0.471. The molecule has 0 aliphatic carbocycles. The molecule has 8 nitrogen and oxygen atoms in total. The zero-order chi connectivity index (χ0) is 19.4. The number of halogens is 1. The van der Waals surface area contributed by atoms with E-state index in [0.717, 1.165) is 20.5 Å². The molecular weight excluding hydrogens is 408 g/mol. The monoisotopic (exact) mass is 428 g/mol. The van der Waals surface area contributed by atoms with E-state index in [1.54, 1.807) is 6.07 Å². The Labute approximate surface area is 159 Å². The predicted octanol–water partition coefficient (Wildman–Crippen LogP) is 1.16. The molecule has 1 atom stereocenters. The Balaban J connectivity index is 2.35. The van der Waals surface area contributed by atoms with Gasteiger partial charge in [0.25, 0.3) is 5.91 Å². The second kappa shape index (κ2) is 8.50. The zero-order valence-corrected chi connectivity index (χ0v) is 16.6. The van der Waals surface area contributed by atoms with Gasteiger partial charge in [-0.15, -0.1) is 0 Å². The fourth-order valence-electron chi connectivity index (χ4n) is 2.78. The van der Waals surface area contributed by atoms with Crippen molar-refractivity contribution in [3.63, 3.8) is 0 Å². The van der Waals surface area contributed by atoms with Crippen molar-refractivity contribution in [2.45, 2.75) is 26.3 Å². The average Bonchev–Trinajstić information content (AvgIpc) is 2.59. The van der Waals surface area contributed by atoms with E-state index in [-0.39, 0.29) is 25.7 Å². The lowest BCUT2D eigenvalue weighted by molar-refractivity contribution is -0.152. The van der Waals surface area contributed by atoms with Gasteiger partial charge in [0.1, 0.15) is 12.6 Å². The number of carbonyl (C=O) groups excluding carboxylic acids is 3. The molecule has 3 amide bonds. The number of amides is 3. The minimum atomic E-state index is -0.834. The number of hydrogen-bond acceptors (Lipinski definition) is 6. The summed E-state index contributed by atoms with van der Waals surface area (Å²) in [7, 11) is 3.04. The van der Waals surface area contributed by atoms with Crippen LogP contribution in [-0.2, 0) is 25.5 Å². The van der Waals surface area contributed by atoms with Crippen LogP contribution in [0.1, 0.15) is 18.1 Å². The second-order valence-electron chi connectivity index (χ2n) is 5.82. The van der Waals surface area contributed by atoms with Crippen LogP contribution in [0.15, 0.2) is 10.5 Å². The van der Waals surface area contributed by atoms with E-state index in [0.29, 0.717) is 11.5 Å². The van der Waals surface area contributed by atoms with Crippen molar-refractivity contribution in [2.24, 2.45) is 0 Å². The third-order valence-electron chi connectivity index (χ3n) is 4.02. The molecular formula is C17H21BrN2O6. The average molecular weight is 429 g/mol. The van der Waals surface area contributed by atoms with Crippen LogP contribution in [0.3, 0.4) is 0 Å². The standard InChI is InChI=1S/C17H21BrN2O6/c1-9-15(18)11(6-13(16(9)25-4)26-8-24-3)5-12-17(23)20(10(2)21)7-14(22)19-12/h6,12H,5,7-8H2,1-4H3,(H,19,22). The van der Waals surface area contributed by atoms with Gasteiger partial charge in [0.05, 0.1) is 7.11 Å². The molecule has 26 heavy (non-hydrogen) atoms. The van der Waals surface area contributed by atoms with E-state index < -0.39 is 17.9 Å². The third kappa shape index (κ3) is 4.16. The Morgan fingerprint density at radius 3 is 2.65 bits per heavy atom. The van der Waals surface area contributed by atoms with Crippen molar-refractivity contribution in [3.8, 4) is 11.5 Å². The van der Waals surface area contributed by atoms with Crippen LogP contribution in [0.5, 0.6) is 11.5 Å². The van der Waals surface area contributed by atoms with Crippen LogP contribution in [0.2, 0.25) is 0 Å². The number of nitrogens with zero attached hydrogens (tertiary/aromatic N) is 1. The van der Waals surface area contributed by atoms with Crippen LogP contribution >= 0.6 is 15.9 Å². The lowest BCUT2D eigenvalue weighted by Crippen LogP contribution is -2.59. The molecule has 1 heterocycles. The van der Waals surface area contributed by atoms with Gasteiger partial charge in [-0.1, -0.05) is 15.9 Å². The van der Waals surface area contributed by atoms with Crippen LogP contribution in [0.25, 0.3) is 0 Å². The highest BCUT2D eigenvalue weighted by molar-refractivity contribution is 9.10. The molecule has 1 unspecified atom stereocenters. The summed E-state index contributed by atoms with van der Waals surface area (Å²) in [5.74, 6) is -0.257. The third-order valence-corrected chi connectivity index (χ3v) is 5.13. The first kappa shape index (κ1) is 20.2. The molecule has 2 rings (SSSR count). The normalized spacial score (nSPS) is 17.1. The summed E-state index contributed by atoms with van der Waals surface area (Å²) in [6, 6.07) is 0.890. The van der Waals surface area contributed by atoms with Gasteiger partial charge in [0, 0.05) is 30.5 Å². The Morgan fingerprint density at radius 1 is 1.38 bits per heavy atom. The van der Waals surface area contributed by atoms with E-state index in [1.165, 1.54) is 21.1 Å². The Morgan fingerprint density at radius 2 is 2.08 bits per heavy atom. The highest BCUT2D eigenvalue weighted by atomic mass is 79.9. The van der Waals surface area contributed by atoms with E-state index >= 15 is 0 Å². The highest BCUT2D eigenvalue weighted by Gasteiger charge is 2.35. The smallest absolute Gasteiger partial charge is 0.252 e. The highest BCUT2D eigenvalue weighted by Crippen LogP contribution is 2.39. The Hall–Kier alpha value is -2.13. The van der Waals surface area contributed by atoms with Gasteiger partial charge in [-0.3, -0.25) is 19.3 Å². The number of carbonyl (C=O) groups is 3. The van der Waals surface area contributed by atoms with Crippen molar-refractivity contribution in [1.82, 2.24) is 10.2 Å². The maximum atomic E-state index is 12.5. The van der Waals surface area contributed by atoms with Gasteiger partial charge in [-0.2, -0.15) is 0 Å². The van der Waals surface area contributed by atoms with E-state index in [4.69, 9.17) is 14.2 Å². The molecule has 1 aliphatic rings. The molecule has 0 spiro atoms. The minimum absolute atomic E-state index is 0.0358. The number of rotatable bonds is 6. The molecule has 1 aliphatic heterocycles. The molecule has 142 valence electrons. The lowest BCUT2D eigenvalue weighted by Gasteiger charge is -2.31. The summed E-state index contributed by atoms with van der Waals surface area (Å²) in [6.45, 7) is 2.89. The van der Waals surface area contributed by atoms with Crippen molar-refractivity contribution in [1.29, 1.82) is 0 Å². The van der Waals surface area contributed by atoms with Crippen molar-refractivity contribution in [3.05, 3.63) is 21.7 Å². The summed E-state index contributed by atoms with van der Waals surface area (Å²) < 4.78 is 16.6. The molecule has 0 aromatic heterocycles. The summed E-state index contributed by atoms with van der Waals surface area (Å²) in [4.78, 5) is 36.9. The van der Waals surface area contributed by atoms with Crippen molar-refractivity contribution >= 4 is 33.7 Å². The molecule has 0 bridgehead atoms. The summed E-state index contributed by atoms with van der Waals surface area (Å²) >= 11 is 3.51. The first-order valence-electron chi connectivity index (χ1n) is 7.89. The zero-order valence-electron chi connectivity index (χ0n) is 15.1. The summed E-state index contributed by atoms with van der Waals surface area (Å²) in [5, 5.41) is 2.64. The van der Waals surface area contributed by atoms with Gasteiger partial charge < -0.3 is 19.5 Å². The van der Waals surface area contributed by atoms with Crippen molar-refractivity contribution in [2.75, 3.05) is 27.6 Å². The lowest BCUT2D eigenvalue weighted by atomic mass is 10.00. The van der Waals surface area contributed by atoms with Crippen LogP contribution in [0.4, 0.5) is 0 Å². The summed E-state index contributed by atoms with van der Waals surface area (Å²) in [6.07, 6.45) is 0.198.